The van der Waals surface area contributed by atoms with Gasteiger partial charge >= 0.3 is 0 Å². The van der Waals surface area contributed by atoms with E-state index < -0.39 is 0 Å². The Hall–Kier alpha value is -2.60. The fourth-order valence-electron chi connectivity index (χ4n) is 2.67. The Labute approximate surface area is 156 Å². The summed E-state index contributed by atoms with van der Waals surface area (Å²) in [7, 11) is 0. The Morgan fingerprint density at radius 2 is 1.88 bits per heavy atom. The molecule has 0 saturated heterocycles. The molecule has 0 atom stereocenters. The van der Waals surface area contributed by atoms with E-state index in [1.807, 2.05) is 62.4 Å². The quantitative estimate of drug-likeness (QED) is 0.680. The van der Waals surface area contributed by atoms with E-state index in [-0.39, 0.29) is 17.2 Å². The molecular weight excluding hydrogens is 346 g/mol. The van der Waals surface area contributed by atoms with Gasteiger partial charge in [0.25, 0.3) is 5.56 Å². The Morgan fingerprint density at radius 3 is 2.62 bits per heavy atom. The highest BCUT2D eigenvalue weighted by Gasteiger charge is 2.12. The number of hydrogen-bond donors (Lipinski definition) is 1. The second kappa shape index (κ2) is 8.19. The van der Waals surface area contributed by atoms with Crippen molar-refractivity contribution in [2.75, 3.05) is 5.75 Å². The lowest BCUT2D eigenvalue weighted by atomic mass is 10.1. The Kier molecular flexibility index (Phi) is 5.73. The highest BCUT2D eigenvalue weighted by molar-refractivity contribution is 7.99. The SMILES string of the molecule is CCn1c(=O)c(SCC(=O)NCc2ccc(C)cc2)nc2ccccc21. The minimum atomic E-state index is -0.150. The Bertz CT molecular complexity index is 981. The lowest BCUT2D eigenvalue weighted by Gasteiger charge is -2.10. The molecule has 134 valence electrons. The maximum absolute atomic E-state index is 12.6. The second-order valence-electron chi connectivity index (χ2n) is 6.01. The molecule has 0 radical (unpaired) electrons. The summed E-state index contributed by atoms with van der Waals surface area (Å²) in [6.07, 6.45) is 0. The van der Waals surface area contributed by atoms with E-state index in [1.165, 1.54) is 17.3 Å². The molecule has 6 heteroatoms. The van der Waals surface area contributed by atoms with E-state index in [2.05, 4.69) is 10.3 Å². The average Bonchev–Trinajstić information content (AvgIpc) is 2.66. The molecule has 5 nitrogen and oxygen atoms in total. The molecule has 0 aliphatic carbocycles. The van der Waals surface area contributed by atoms with Crippen LogP contribution in [0.2, 0.25) is 0 Å². The van der Waals surface area contributed by atoms with Crippen LogP contribution in [-0.4, -0.2) is 21.2 Å². The number of aromatic nitrogens is 2. The summed E-state index contributed by atoms with van der Waals surface area (Å²) in [5.41, 5.74) is 3.66. The molecule has 2 aromatic carbocycles. The molecule has 0 bridgehead atoms. The highest BCUT2D eigenvalue weighted by atomic mass is 32.2. The van der Waals surface area contributed by atoms with Gasteiger partial charge in [-0.15, -0.1) is 0 Å². The van der Waals surface area contributed by atoms with Gasteiger partial charge in [-0.25, -0.2) is 4.98 Å². The minimum absolute atomic E-state index is 0.118. The summed E-state index contributed by atoms with van der Waals surface area (Å²) >= 11 is 1.18. The molecular formula is C20H21N3O2S. The van der Waals surface area contributed by atoms with Crippen molar-refractivity contribution < 1.29 is 4.79 Å². The molecule has 0 fully saturated rings. The third kappa shape index (κ3) is 4.14. The van der Waals surface area contributed by atoms with Crippen LogP contribution in [0.25, 0.3) is 11.0 Å². The summed E-state index contributed by atoms with van der Waals surface area (Å²) in [5, 5.41) is 3.23. The van der Waals surface area contributed by atoms with Gasteiger partial charge in [-0.1, -0.05) is 53.7 Å². The smallest absolute Gasteiger partial charge is 0.283 e. The molecule has 1 amide bonds. The first-order valence-corrected chi connectivity index (χ1v) is 9.51. The van der Waals surface area contributed by atoms with Crippen LogP contribution < -0.4 is 10.9 Å². The largest absolute Gasteiger partial charge is 0.351 e. The van der Waals surface area contributed by atoms with E-state index in [9.17, 15) is 9.59 Å². The van der Waals surface area contributed by atoms with Crippen LogP contribution in [0.15, 0.2) is 58.4 Å². The van der Waals surface area contributed by atoms with Gasteiger partial charge in [0.15, 0.2) is 5.03 Å². The number of nitrogens with zero attached hydrogens (tertiary/aromatic N) is 2. The monoisotopic (exact) mass is 367 g/mol. The lowest BCUT2D eigenvalue weighted by molar-refractivity contribution is -0.118. The third-order valence-electron chi connectivity index (χ3n) is 4.09. The van der Waals surface area contributed by atoms with Crippen molar-refractivity contribution in [3.8, 4) is 0 Å². The normalized spacial score (nSPS) is 10.8. The summed E-state index contributed by atoms with van der Waals surface area (Å²) in [4.78, 5) is 29.1. The maximum Gasteiger partial charge on any atom is 0.283 e. The summed E-state index contributed by atoms with van der Waals surface area (Å²) in [6.45, 7) is 4.99. The number of fused-ring (bicyclic) bond motifs is 1. The van der Waals surface area contributed by atoms with Crippen molar-refractivity contribution in [2.45, 2.75) is 32.0 Å². The van der Waals surface area contributed by atoms with Gasteiger partial charge < -0.3 is 9.88 Å². The molecule has 0 saturated carbocycles. The molecule has 1 aromatic heterocycles. The summed E-state index contributed by atoms with van der Waals surface area (Å²) < 4.78 is 1.69. The number of para-hydroxylation sites is 2. The molecule has 1 heterocycles. The fourth-order valence-corrected chi connectivity index (χ4v) is 3.43. The van der Waals surface area contributed by atoms with Crippen molar-refractivity contribution in [1.82, 2.24) is 14.9 Å². The van der Waals surface area contributed by atoms with Crippen molar-refractivity contribution >= 4 is 28.7 Å². The fraction of sp³-hybridized carbons (Fsp3) is 0.250. The molecule has 0 aliphatic heterocycles. The zero-order chi connectivity index (χ0) is 18.5. The Morgan fingerprint density at radius 1 is 1.15 bits per heavy atom. The minimum Gasteiger partial charge on any atom is -0.351 e. The number of hydrogen-bond acceptors (Lipinski definition) is 4. The first kappa shape index (κ1) is 18.2. The Balaban J connectivity index is 1.67. The lowest BCUT2D eigenvalue weighted by Crippen LogP contribution is -2.26. The predicted octanol–water partition coefficient (Wildman–Crippen LogP) is 3.13. The number of carbonyl (C=O) groups is 1. The number of benzene rings is 2. The number of aryl methyl sites for hydroxylation is 2. The van der Waals surface area contributed by atoms with Crippen molar-refractivity contribution in [3.63, 3.8) is 0 Å². The van der Waals surface area contributed by atoms with Crippen molar-refractivity contribution in [2.24, 2.45) is 0 Å². The van der Waals surface area contributed by atoms with E-state index in [0.717, 1.165) is 16.6 Å². The van der Waals surface area contributed by atoms with Gasteiger partial charge in [0, 0.05) is 13.1 Å². The number of thioether (sulfide) groups is 1. The van der Waals surface area contributed by atoms with Crippen LogP contribution in [0.5, 0.6) is 0 Å². The van der Waals surface area contributed by atoms with Crippen LogP contribution in [0.4, 0.5) is 0 Å². The number of nitrogens with one attached hydrogen (secondary N) is 1. The predicted molar refractivity (Wildman–Crippen MR) is 105 cm³/mol. The van der Waals surface area contributed by atoms with Crippen LogP contribution in [0, 0.1) is 6.92 Å². The maximum atomic E-state index is 12.6. The molecule has 26 heavy (non-hydrogen) atoms. The number of carbonyl (C=O) groups excluding carboxylic acids is 1. The topological polar surface area (TPSA) is 64.0 Å². The third-order valence-corrected chi connectivity index (χ3v) is 5.03. The standard InChI is InChI=1S/C20H21N3O2S/c1-3-23-17-7-5-4-6-16(17)22-19(20(23)25)26-13-18(24)21-12-15-10-8-14(2)9-11-15/h4-11H,3,12-13H2,1-2H3,(H,21,24). The first-order chi connectivity index (χ1) is 12.6. The summed E-state index contributed by atoms with van der Waals surface area (Å²) in [6, 6.07) is 15.6. The van der Waals surface area contributed by atoms with E-state index in [1.54, 1.807) is 4.57 Å². The van der Waals surface area contributed by atoms with Gasteiger partial charge in [-0.3, -0.25) is 9.59 Å². The first-order valence-electron chi connectivity index (χ1n) is 8.53. The zero-order valence-corrected chi connectivity index (χ0v) is 15.7. The van der Waals surface area contributed by atoms with E-state index >= 15 is 0 Å². The second-order valence-corrected chi connectivity index (χ2v) is 6.97. The van der Waals surface area contributed by atoms with Crippen LogP contribution >= 0.6 is 11.8 Å². The summed E-state index contributed by atoms with van der Waals surface area (Å²) in [5.74, 6) is 0.0452. The van der Waals surface area contributed by atoms with Gasteiger partial charge in [0.1, 0.15) is 0 Å². The molecule has 1 N–H and O–H groups in total. The molecule has 0 aliphatic rings. The van der Waals surface area contributed by atoms with Gasteiger partial charge in [-0.2, -0.15) is 0 Å². The van der Waals surface area contributed by atoms with E-state index in [0.29, 0.717) is 18.1 Å². The molecule has 3 rings (SSSR count). The average molecular weight is 367 g/mol. The van der Waals surface area contributed by atoms with Gasteiger partial charge in [-0.05, 0) is 31.5 Å². The molecule has 3 aromatic rings. The van der Waals surface area contributed by atoms with Gasteiger partial charge in [0.2, 0.25) is 5.91 Å². The van der Waals surface area contributed by atoms with Crippen molar-refractivity contribution in [1.29, 1.82) is 0 Å². The van der Waals surface area contributed by atoms with Gasteiger partial charge in [0.05, 0.1) is 16.8 Å². The zero-order valence-electron chi connectivity index (χ0n) is 14.9. The molecule has 0 spiro atoms. The molecule has 0 unspecified atom stereocenters. The highest BCUT2D eigenvalue weighted by Crippen LogP contribution is 2.16. The van der Waals surface area contributed by atoms with Crippen LogP contribution in [0.1, 0.15) is 18.1 Å². The van der Waals surface area contributed by atoms with Crippen molar-refractivity contribution in [3.05, 3.63) is 70.0 Å². The van der Waals surface area contributed by atoms with E-state index in [4.69, 9.17) is 0 Å². The van der Waals surface area contributed by atoms with Crippen LogP contribution in [-0.2, 0) is 17.9 Å². The number of rotatable bonds is 6. The number of amides is 1. The van der Waals surface area contributed by atoms with Crippen LogP contribution in [0.3, 0.4) is 0 Å².